The summed E-state index contributed by atoms with van der Waals surface area (Å²) < 4.78 is 31.0. The maximum Gasteiger partial charge on any atom is 0.345 e. The third kappa shape index (κ3) is 6.60. The Labute approximate surface area is 308 Å². The van der Waals surface area contributed by atoms with Crippen LogP contribution in [-0.4, -0.2) is 52.4 Å². The van der Waals surface area contributed by atoms with E-state index in [4.69, 9.17) is 23.4 Å². The van der Waals surface area contributed by atoms with Crippen molar-refractivity contribution in [2.24, 2.45) is 34.5 Å². The third-order valence-electron chi connectivity index (χ3n) is 11.8. The minimum atomic E-state index is -1.43. The summed E-state index contributed by atoms with van der Waals surface area (Å²) in [5.74, 6) is -3.39. The second kappa shape index (κ2) is 14.1. The van der Waals surface area contributed by atoms with Gasteiger partial charge in [0.05, 0.1) is 35.1 Å². The van der Waals surface area contributed by atoms with Gasteiger partial charge in [0.2, 0.25) is 0 Å². The van der Waals surface area contributed by atoms with Crippen LogP contribution in [0.3, 0.4) is 0 Å². The summed E-state index contributed by atoms with van der Waals surface area (Å²) in [5, 5.41) is 21.8. The average Bonchev–Trinajstić information content (AvgIpc) is 3.12. The minimum Gasteiger partial charge on any atom is -0.482 e. The number of ether oxygens (including phenoxy) is 4. The zero-order valence-electron chi connectivity index (χ0n) is 31.1. The van der Waals surface area contributed by atoms with Crippen LogP contribution in [0.15, 0.2) is 64.1 Å². The molecule has 2 saturated carbocycles. The van der Waals surface area contributed by atoms with E-state index in [9.17, 15) is 29.5 Å². The fourth-order valence-corrected chi connectivity index (χ4v) is 8.93. The Bertz CT molecular complexity index is 1990. The first kappa shape index (κ1) is 37.7. The Morgan fingerprint density at radius 1 is 1.02 bits per heavy atom. The first-order valence-electron chi connectivity index (χ1n) is 18.1. The van der Waals surface area contributed by atoms with E-state index in [-0.39, 0.29) is 35.7 Å². The zero-order chi connectivity index (χ0) is 38.5. The van der Waals surface area contributed by atoms with Crippen LogP contribution in [0.25, 0.3) is 11.3 Å². The molecule has 0 amide bonds. The molecule has 1 aromatic carbocycles. The van der Waals surface area contributed by atoms with Gasteiger partial charge < -0.3 is 28.5 Å². The van der Waals surface area contributed by atoms with Gasteiger partial charge in [0.25, 0.3) is 0 Å². The Kier molecular flexibility index (Phi) is 10.0. The lowest BCUT2D eigenvalue weighted by Gasteiger charge is -2.66. The highest BCUT2D eigenvalue weighted by Crippen LogP contribution is 2.67. The fourth-order valence-electron chi connectivity index (χ4n) is 8.93. The van der Waals surface area contributed by atoms with Gasteiger partial charge in [-0.05, 0) is 73.9 Å². The van der Waals surface area contributed by atoms with Crippen molar-refractivity contribution in [2.45, 2.75) is 91.6 Å². The third-order valence-corrected chi connectivity index (χ3v) is 11.8. The summed E-state index contributed by atoms with van der Waals surface area (Å²) in [7, 11) is 0. The van der Waals surface area contributed by atoms with Gasteiger partial charge in [-0.3, -0.25) is 14.6 Å². The van der Waals surface area contributed by atoms with E-state index in [1.807, 2.05) is 19.9 Å². The number of carbonyl (C=O) groups is 3. The van der Waals surface area contributed by atoms with Crippen LogP contribution in [-0.2, 0) is 23.8 Å². The van der Waals surface area contributed by atoms with E-state index in [2.05, 4.69) is 4.98 Å². The molecule has 3 unspecified atom stereocenters. The maximum atomic E-state index is 13.9. The molecule has 280 valence electrons. The van der Waals surface area contributed by atoms with Gasteiger partial charge in [0.15, 0.2) is 0 Å². The molecule has 0 radical (unpaired) electrons. The topological polar surface area (TPSA) is 175 Å². The molecule has 6 rings (SSSR count). The average molecular weight is 727 g/mol. The lowest BCUT2D eigenvalue weighted by Crippen LogP contribution is -2.71. The molecule has 1 aliphatic heterocycles. The van der Waals surface area contributed by atoms with E-state index in [0.717, 1.165) is 0 Å². The van der Waals surface area contributed by atoms with Gasteiger partial charge in [-0.1, -0.05) is 41.5 Å². The number of esters is 3. The van der Waals surface area contributed by atoms with E-state index in [1.54, 1.807) is 65.2 Å². The summed E-state index contributed by atoms with van der Waals surface area (Å²) in [6.45, 7) is 12.5. The molecule has 1 N–H and O–H groups in total. The number of carbonyl (C=O) groups excluding carboxylic acids is 3. The van der Waals surface area contributed by atoms with Crippen molar-refractivity contribution >= 4 is 17.9 Å². The van der Waals surface area contributed by atoms with Crippen molar-refractivity contribution in [1.82, 2.24) is 4.98 Å². The minimum absolute atomic E-state index is 0.0551. The van der Waals surface area contributed by atoms with E-state index >= 15 is 0 Å². The number of hydrogen-bond donors (Lipinski definition) is 1. The monoisotopic (exact) mass is 726 g/mol. The number of aliphatic hydroxyl groups is 1. The molecule has 8 atom stereocenters. The molecule has 0 bridgehead atoms. The molecular formula is C41H46N2O10. The highest BCUT2D eigenvalue weighted by atomic mass is 16.6. The lowest BCUT2D eigenvalue weighted by molar-refractivity contribution is -0.267. The van der Waals surface area contributed by atoms with Gasteiger partial charge in [0, 0.05) is 35.4 Å². The Hall–Kier alpha value is -5.02. The first-order chi connectivity index (χ1) is 25.0. The lowest BCUT2D eigenvalue weighted by atomic mass is 9.42. The summed E-state index contributed by atoms with van der Waals surface area (Å²) in [6.07, 6.45) is 0.985. The van der Waals surface area contributed by atoms with Gasteiger partial charge >= 0.3 is 23.5 Å². The quantitative estimate of drug-likeness (QED) is 0.206. The van der Waals surface area contributed by atoms with E-state index in [0.29, 0.717) is 24.0 Å². The summed E-state index contributed by atoms with van der Waals surface area (Å²) in [4.78, 5) is 57.8. The van der Waals surface area contributed by atoms with Crippen molar-refractivity contribution in [2.75, 3.05) is 6.61 Å². The predicted molar refractivity (Wildman–Crippen MR) is 190 cm³/mol. The van der Waals surface area contributed by atoms with Crippen LogP contribution in [0.2, 0.25) is 0 Å². The van der Waals surface area contributed by atoms with Gasteiger partial charge in [-0.2, -0.15) is 5.26 Å². The number of rotatable bonds is 8. The fraction of sp³-hybridized carbons (Fsp3) is 0.512. The molecule has 0 saturated heterocycles. The number of aromatic nitrogens is 1. The molecule has 2 aliphatic carbocycles. The van der Waals surface area contributed by atoms with Gasteiger partial charge in [0.1, 0.15) is 41.5 Å². The van der Waals surface area contributed by atoms with Gasteiger partial charge in [-0.25, -0.2) is 9.59 Å². The number of nitriles is 1. The molecule has 2 aromatic heterocycles. The smallest absolute Gasteiger partial charge is 0.345 e. The molecule has 53 heavy (non-hydrogen) atoms. The van der Waals surface area contributed by atoms with E-state index < -0.39 is 81.9 Å². The Morgan fingerprint density at radius 2 is 1.72 bits per heavy atom. The van der Waals surface area contributed by atoms with Gasteiger partial charge in [-0.15, -0.1) is 0 Å². The normalized spacial score (nSPS) is 30.2. The van der Waals surface area contributed by atoms with Crippen LogP contribution in [0.4, 0.5) is 0 Å². The molecule has 2 fully saturated rings. The van der Waals surface area contributed by atoms with Crippen LogP contribution < -0.4 is 10.4 Å². The van der Waals surface area contributed by atoms with Crippen molar-refractivity contribution < 1.29 is 42.9 Å². The van der Waals surface area contributed by atoms with E-state index in [1.165, 1.54) is 24.3 Å². The summed E-state index contributed by atoms with van der Waals surface area (Å²) in [5.41, 5.74) is -2.98. The number of hydrogen-bond acceptors (Lipinski definition) is 12. The van der Waals surface area contributed by atoms with Crippen molar-refractivity contribution in [3.63, 3.8) is 0 Å². The largest absolute Gasteiger partial charge is 0.482 e. The molecular weight excluding hydrogens is 680 g/mol. The predicted octanol–water partition coefficient (Wildman–Crippen LogP) is 6.19. The zero-order valence-corrected chi connectivity index (χ0v) is 31.1. The first-order valence-corrected chi connectivity index (χ1v) is 18.1. The summed E-state index contributed by atoms with van der Waals surface area (Å²) >= 11 is 0. The number of fused-ring (bicyclic) bond motifs is 4. The second-order valence-corrected chi connectivity index (χ2v) is 15.9. The van der Waals surface area contributed by atoms with Crippen LogP contribution in [0, 0.1) is 45.8 Å². The molecule has 12 nitrogen and oxygen atoms in total. The van der Waals surface area contributed by atoms with Crippen molar-refractivity contribution in [3.05, 3.63) is 82.0 Å². The van der Waals surface area contributed by atoms with Crippen LogP contribution in [0.5, 0.6) is 5.75 Å². The second-order valence-electron chi connectivity index (χ2n) is 15.9. The number of benzene rings is 1. The highest BCUT2D eigenvalue weighted by Gasteiger charge is 2.71. The standard InChI is InChI=1S/C41H46N2O10/c1-22(2)35(45)49-21-40(6)29-18-31(52-37(47)25-12-10-24(19-42)11-13-25)41(7)34(39(29,5)15-14-30(40)51-36(46)23(3)4)33(44)32-28(53-41)17-27(50-38(32)48)26-9-8-16-43-20-26/h8-13,16-17,20,22-23,29-31,33-34,44H,14-15,18,21H2,1-7H3/t29?,30-,31-,33-,34?,39-,40?,41+/m0/s1. The molecule has 12 heteroatoms. The highest BCUT2D eigenvalue weighted by molar-refractivity contribution is 5.89. The van der Waals surface area contributed by atoms with Crippen molar-refractivity contribution in [3.8, 4) is 23.1 Å². The SMILES string of the molecule is CC(C)C(=O)OCC1(C)C2C[C@H](OC(=O)c3ccc(C#N)cc3)[C@@]3(C)Oc4cc(-c5cccnc5)oc(=O)c4[C@H](O)C3[C@@]2(C)CC[C@@H]1OC(=O)C(C)C. The van der Waals surface area contributed by atoms with Crippen LogP contribution in [0.1, 0.15) is 95.3 Å². The molecule has 3 aliphatic rings. The van der Waals surface area contributed by atoms with Crippen molar-refractivity contribution in [1.29, 1.82) is 5.26 Å². The number of nitrogens with zero attached hydrogens (tertiary/aromatic N) is 2. The number of aliphatic hydroxyl groups excluding tert-OH is 1. The molecule has 0 spiro atoms. The molecule has 3 heterocycles. The Morgan fingerprint density at radius 3 is 2.34 bits per heavy atom. The molecule has 3 aromatic rings. The number of pyridine rings is 1. The maximum absolute atomic E-state index is 13.9. The Balaban J connectivity index is 1.50. The summed E-state index contributed by atoms with van der Waals surface area (Å²) in [6, 6.07) is 13.1. The van der Waals surface area contributed by atoms with Crippen LogP contribution >= 0.6 is 0 Å².